The molecule has 0 aliphatic heterocycles. The molecular formula is C16H25BrO2Si. The van der Waals surface area contributed by atoms with E-state index in [1.165, 1.54) is 11.1 Å². The second kappa shape index (κ2) is 5.47. The molecule has 0 spiro atoms. The van der Waals surface area contributed by atoms with Crippen molar-refractivity contribution in [3.8, 4) is 5.75 Å². The van der Waals surface area contributed by atoms with Gasteiger partial charge >= 0.3 is 0 Å². The summed E-state index contributed by atoms with van der Waals surface area (Å²) < 4.78 is 13.1. The van der Waals surface area contributed by atoms with Gasteiger partial charge in [0.15, 0.2) is 8.32 Å². The molecule has 0 N–H and O–H groups in total. The lowest BCUT2D eigenvalue weighted by Crippen LogP contribution is -2.41. The molecule has 0 amide bonds. The van der Waals surface area contributed by atoms with Crippen LogP contribution < -0.4 is 4.74 Å². The van der Waals surface area contributed by atoms with Gasteiger partial charge in [-0.2, -0.15) is 0 Å². The van der Waals surface area contributed by atoms with Gasteiger partial charge in [0.25, 0.3) is 0 Å². The Balaban J connectivity index is 2.28. The van der Waals surface area contributed by atoms with Gasteiger partial charge in [-0.1, -0.05) is 26.8 Å². The average molecular weight is 357 g/mol. The molecule has 2 rings (SSSR count). The Morgan fingerprint density at radius 3 is 2.45 bits per heavy atom. The minimum atomic E-state index is -1.72. The van der Waals surface area contributed by atoms with Gasteiger partial charge in [-0.05, 0) is 64.1 Å². The molecule has 0 radical (unpaired) electrons. The maximum absolute atomic E-state index is 6.60. The Labute approximate surface area is 132 Å². The van der Waals surface area contributed by atoms with Gasteiger partial charge in [0.2, 0.25) is 0 Å². The van der Waals surface area contributed by atoms with E-state index in [0.717, 1.165) is 23.1 Å². The first-order valence-corrected chi connectivity index (χ1v) is 10.9. The van der Waals surface area contributed by atoms with E-state index in [4.69, 9.17) is 9.16 Å². The summed E-state index contributed by atoms with van der Waals surface area (Å²) in [4.78, 5) is 0. The van der Waals surface area contributed by atoms with Gasteiger partial charge < -0.3 is 9.16 Å². The molecule has 2 nitrogen and oxygen atoms in total. The van der Waals surface area contributed by atoms with Crippen LogP contribution in [0.25, 0.3) is 0 Å². The third-order valence-corrected chi connectivity index (χ3v) is 10.1. The highest BCUT2D eigenvalue weighted by Crippen LogP contribution is 2.46. The van der Waals surface area contributed by atoms with Crippen molar-refractivity contribution in [3.63, 3.8) is 0 Å². The minimum absolute atomic E-state index is 0.244. The van der Waals surface area contributed by atoms with Gasteiger partial charge in [-0.25, -0.2) is 0 Å². The van der Waals surface area contributed by atoms with E-state index in [9.17, 15) is 0 Å². The highest BCUT2D eigenvalue weighted by molar-refractivity contribution is 9.10. The molecule has 20 heavy (non-hydrogen) atoms. The van der Waals surface area contributed by atoms with Crippen LogP contribution in [-0.2, 0) is 10.8 Å². The molecule has 1 aromatic rings. The monoisotopic (exact) mass is 356 g/mol. The van der Waals surface area contributed by atoms with Gasteiger partial charge in [0.1, 0.15) is 5.75 Å². The zero-order valence-electron chi connectivity index (χ0n) is 13.3. The molecule has 0 unspecified atom stereocenters. The fourth-order valence-corrected chi connectivity index (χ4v) is 4.44. The molecule has 1 aliphatic carbocycles. The van der Waals surface area contributed by atoms with Gasteiger partial charge in [0.05, 0.1) is 17.7 Å². The Hall–Kier alpha value is -0.323. The van der Waals surface area contributed by atoms with Crippen molar-refractivity contribution in [1.82, 2.24) is 0 Å². The minimum Gasteiger partial charge on any atom is -0.496 e. The normalized spacial score (nSPS) is 19.1. The Bertz CT molecular complexity index is 506. The third kappa shape index (κ3) is 2.83. The van der Waals surface area contributed by atoms with Crippen LogP contribution in [0.5, 0.6) is 5.75 Å². The zero-order chi connectivity index (χ0) is 15.1. The van der Waals surface area contributed by atoms with E-state index >= 15 is 0 Å². The van der Waals surface area contributed by atoms with Crippen LogP contribution in [0, 0.1) is 0 Å². The number of methoxy groups -OCH3 is 1. The number of rotatable bonds is 3. The number of halogens is 1. The lowest BCUT2D eigenvalue weighted by Gasteiger charge is -2.38. The zero-order valence-corrected chi connectivity index (χ0v) is 15.9. The Morgan fingerprint density at radius 1 is 1.25 bits per heavy atom. The van der Waals surface area contributed by atoms with E-state index in [1.807, 2.05) is 6.07 Å². The molecule has 0 saturated heterocycles. The largest absolute Gasteiger partial charge is 0.496 e. The number of benzene rings is 1. The topological polar surface area (TPSA) is 18.5 Å². The van der Waals surface area contributed by atoms with Crippen molar-refractivity contribution in [2.45, 2.75) is 57.8 Å². The summed E-state index contributed by atoms with van der Waals surface area (Å²) in [6.45, 7) is 11.5. The maximum atomic E-state index is 6.60. The van der Waals surface area contributed by atoms with Crippen LogP contribution >= 0.6 is 15.9 Å². The van der Waals surface area contributed by atoms with E-state index < -0.39 is 8.32 Å². The summed E-state index contributed by atoms with van der Waals surface area (Å²) >= 11 is 3.67. The fraction of sp³-hybridized carbons (Fsp3) is 0.625. The standard InChI is InChI=1S/C16H25BrO2Si/c1-16(2,3)20(5,6)19-13-9-8-12-11(13)7-10-14(18-4)15(12)17/h7,10,13H,8-9H2,1-6H3/t13-/m0/s1. The summed E-state index contributed by atoms with van der Waals surface area (Å²) in [5.74, 6) is 0.914. The summed E-state index contributed by atoms with van der Waals surface area (Å²) in [5.41, 5.74) is 2.69. The molecule has 4 heteroatoms. The summed E-state index contributed by atoms with van der Waals surface area (Å²) in [6, 6.07) is 4.21. The van der Waals surface area contributed by atoms with Gasteiger partial charge in [-0.3, -0.25) is 0 Å². The lowest BCUT2D eigenvalue weighted by molar-refractivity contribution is 0.185. The molecule has 1 aromatic carbocycles. The quantitative estimate of drug-likeness (QED) is 0.668. The number of fused-ring (bicyclic) bond motifs is 1. The fourth-order valence-electron chi connectivity index (χ4n) is 2.41. The van der Waals surface area contributed by atoms with Crippen LogP contribution in [0.1, 0.15) is 44.4 Å². The molecule has 1 aliphatic rings. The molecule has 0 saturated carbocycles. The first-order chi connectivity index (χ1) is 9.17. The lowest BCUT2D eigenvalue weighted by atomic mass is 10.1. The van der Waals surface area contributed by atoms with Crippen molar-refractivity contribution in [1.29, 1.82) is 0 Å². The molecular weight excluding hydrogens is 332 g/mol. The van der Waals surface area contributed by atoms with E-state index in [1.54, 1.807) is 7.11 Å². The van der Waals surface area contributed by atoms with E-state index in [0.29, 0.717) is 0 Å². The van der Waals surface area contributed by atoms with Crippen molar-refractivity contribution >= 4 is 24.2 Å². The summed E-state index contributed by atoms with van der Waals surface area (Å²) in [6.07, 6.45) is 2.38. The molecule has 0 heterocycles. The average Bonchev–Trinajstić information content (AvgIpc) is 2.72. The Kier molecular flexibility index (Phi) is 4.39. The van der Waals surface area contributed by atoms with Gasteiger partial charge in [0, 0.05) is 0 Å². The predicted molar refractivity (Wildman–Crippen MR) is 90.0 cm³/mol. The van der Waals surface area contributed by atoms with Crippen LogP contribution in [0.15, 0.2) is 16.6 Å². The molecule has 0 aromatic heterocycles. The first kappa shape index (κ1) is 16.1. The van der Waals surface area contributed by atoms with Crippen molar-refractivity contribution < 1.29 is 9.16 Å². The smallest absolute Gasteiger partial charge is 0.192 e. The molecule has 0 fully saturated rings. The highest BCUT2D eigenvalue weighted by Gasteiger charge is 2.41. The van der Waals surface area contributed by atoms with Crippen LogP contribution in [0.2, 0.25) is 18.1 Å². The number of ether oxygens (including phenoxy) is 1. The van der Waals surface area contributed by atoms with Crippen molar-refractivity contribution in [2.75, 3.05) is 7.11 Å². The molecule has 1 atom stereocenters. The first-order valence-electron chi connectivity index (χ1n) is 7.20. The highest BCUT2D eigenvalue weighted by atomic mass is 79.9. The van der Waals surface area contributed by atoms with Crippen LogP contribution in [0.4, 0.5) is 0 Å². The maximum Gasteiger partial charge on any atom is 0.192 e. The summed E-state index contributed by atoms with van der Waals surface area (Å²) in [7, 11) is -0.0109. The van der Waals surface area contributed by atoms with Crippen molar-refractivity contribution in [3.05, 3.63) is 27.7 Å². The SMILES string of the molecule is COc1ccc2c(c1Br)CC[C@@H]2O[Si](C)(C)C(C)(C)C. The number of hydrogen-bond acceptors (Lipinski definition) is 2. The second-order valence-electron chi connectivity index (χ2n) is 7.06. The van der Waals surface area contributed by atoms with E-state index in [-0.39, 0.29) is 11.1 Å². The number of hydrogen-bond donors (Lipinski definition) is 0. The van der Waals surface area contributed by atoms with Crippen molar-refractivity contribution in [2.24, 2.45) is 0 Å². The predicted octanol–water partition coefficient (Wildman–Crippen LogP) is 5.47. The Morgan fingerprint density at radius 2 is 1.90 bits per heavy atom. The summed E-state index contributed by atoms with van der Waals surface area (Å²) in [5, 5.41) is 0.249. The van der Waals surface area contributed by atoms with Gasteiger partial charge in [-0.15, -0.1) is 0 Å². The third-order valence-electron chi connectivity index (χ3n) is 4.71. The van der Waals surface area contributed by atoms with Crippen LogP contribution in [-0.4, -0.2) is 15.4 Å². The molecule has 0 bridgehead atoms. The van der Waals surface area contributed by atoms with E-state index in [2.05, 4.69) is 55.9 Å². The van der Waals surface area contributed by atoms with Crippen LogP contribution in [0.3, 0.4) is 0 Å². The molecule has 112 valence electrons. The second-order valence-corrected chi connectivity index (χ2v) is 12.6.